The first-order valence-electron chi connectivity index (χ1n) is 11.4. The Labute approximate surface area is 193 Å². The number of nitrogens with zero attached hydrogens (tertiary/aromatic N) is 1. The summed E-state index contributed by atoms with van der Waals surface area (Å²) in [5, 5.41) is 1.11. The predicted molar refractivity (Wildman–Crippen MR) is 131 cm³/mol. The van der Waals surface area contributed by atoms with Gasteiger partial charge in [-0.05, 0) is 55.2 Å². The predicted octanol–water partition coefficient (Wildman–Crippen LogP) is 7.14. The van der Waals surface area contributed by atoms with Crippen LogP contribution < -0.4 is 9.30 Å². The van der Waals surface area contributed by atoms with E-state index in [0.29, 0.717) is 5.95 Å². The van der Waals surface area contributed by atoms with Crippen LogP contribution in [0.3, 0.4) is 0 Å². The third-order valence-corrected chi connectivity index (χ3v) is 6.93. The Morgan fingerprint density at radius 3 is 2.27 bits per heavy atom. The standard InChI is InChI=1S/C30H26NO2/c1-18-10-9-11-19(2)25(18)27-21-12-5-6-14-24(21)32-30-28(27)22-16-15-20(3)26(29(22)33-30)23-13-7-8-17-31(23)4/h5-17,27H,1-4H3/q+1. The smallest absolute Gasteiger partial charge is 0.295 e. The van der Waals surface area contributed by atoms with Crippen molar-refractivity contribution >= 4 is 11.0 Å². The lowest BCUT2D eigenvalue weighted by molar-refractivity contribution is -0.660. The van der Waals surface area contributed by atoms with E-state index in [1.807, 2.05) is 18.2 Å². The summed E-state index contributed by atoms with van der Waals surface area (Å²) in [4.78, 5) is 0. The summed E-state index contributed by atoms with van der Waals surface area (Å²) in [6, 6.07) is 25.5. The van der Waals surface area contributed by atoms with Crippen LogP contribution in [-0.2, 0) is 7.05 Å². The van der Waals surface area contributed by atoms with Crippen molar-refractivity contribution in [3.8, 4) is 23.0 Å². The minimum atomic E-state index is 0.0486. The lowest BCUT2D eigenvalue weighted by Crippen LogP contribution is -2.30. The Morgan fingerprint density at radius 2 is 1.48 bits per heavy atom. The first-order chi connectivity index (χ1) is 16.0. The molecular weight excluding hydrogens is 406 g/mol. The number of pyridine rings is 1. The van der Waals surface area contributed by atoms with Crippen molar-refractivity contribution in [1.29, 1.82) is 0 Å². The summed E-state index contributed by atoms with van der Waals surface area (Å²) in [6.45, 7) is 6.53. The molecule has 0 fully saturated rings. The Morgan fingerprint density at radius 1 is 0.727 bits per heavy atom. The summed E-state index contributed by atoms with van der Waals surface area (Å²) < 4.78 is 15.1. The third-order valence-electron chi connectivity index (χ3n) is 6.93. The highest BCUT2D eigenvalue weighted by Gasteiger charge is 2.36. The van der Waals surface area contributed by atoms with Crippen molar-refractivity contribution in [2.75, 3.05) is 0 Å². The monoisotopic (exact) mass is 432 g/mol. The van der Waals surface area contributed by atoms with E-state index in [1.165, 1.54) is 27.8 Å². The van der Waals surface area contributed by atoms with Gasteiger partial charge in [0.1, 0.15) is 12.8 Å². The molecule has 0 aliphatic carbocycles. The zero-order valence-electron chi connectivity index (χ0n) is 19.3. The Bertz CT molecular complexity index is 1520. The van der Waals surface area contributed by atoms with Crippen LogP contribution in [-0.4, -0.2) is 0 Å². The molecule has 0 bridgehead atoms. The van der Waals surface area contributed by atoms with Gasteiger partial charge in [0.05, 0.1) is 11.1 Å². The second-order valence-corrected chi connectivity index (χ2v) is 9.01. The Hall–Kier alpha value is -3.85. The van der Waals surface area contributed by atoms with Crippen LogP contribution in [0.15, 0.2) is 83.4 Å². The quantitative estimate of drug-likeness (QED) is 0.272. The molecule has 33 heavy (non-hydrogen) atoms. The highest BCUT2D eigenvalue weighted by Crippen LogP contribution is 2.53. The maximum absolute atomic E-state index is 6.56. The van der Waals surface area contributed by atoms with Crippen molar-refractivity contribution in [3.05, 3.63) is 112 Å². The van der Waals surface area contributed by atoms with Gasteiger partial charge in [0.2, 0.25) is 5.69 Å². The van der Waals surface area contributed by atoms with E-state index >= 15 is 0 Å². The molecule has 1 atom stereocenters. The van der Waals surface area contributed by atoms with E-state index in [-0.39, 0.29) is 5.92 Å². The minimum absolute atomic E-state index is 0.0486. The van der Waals surface area contributed by atoms with Gasteiger partial charge < -0.3 is 9.15 Å². The largest absolute Gasteiger partial charge is 0.425 e. The van der Waals surface area contributed by atoms with Crippen LogP contribution in [0.4, 0.5) is 0 Å². The summed E-state index contributed by atoms with van der Waals surface area (Å²) >= 11 is 0. The highest BCUT2D eigenvalue weighted by atomic mass is 16.6. The van der Waals surface area contributed by atoms with E-state index in [1.54, 1.807) is 0 Å². The van der Waals surface area contributed by atoms with E-state index < -0.39 is 0 Å². The highest BCUT2D eigenvalue weighted by molar-refractivity contribution is 5.97. The molecule has 3 heterocycles. The van der Waals surface area contributed by atoms with Crippen LogP contribution in [0, 0.1) is 20.8 Å². The van der Waals surface area contributed by atoms with E-state index in [9.17, 15) is 0 Å². The number of furan rings is 1. The van der Waals surface area contributed by atoms with Gasteiger partial charge in [-0.2, -0.15) is 0 Å². The van der Waals surface area contributed by atoms with Gasteiger partial charge in [0, 0.05) is 29.0 Å². The first kappa shape index (κ1) is 19.8. The topological polar surface area (TPSA) is 26.2 Å². The molecule has 0 saturated heterocycles. The third kappa shape index (κ3) is 2.92. The number of aryl methyl sites for hydroxylation is 4. The van der Waals surface area contributed by atoms with Crippen molar-refractivity contribution in [3.63, 3.8) is 0 Å². The molecular formula is C30H26NO2+. The second-order valence-electron chi connectivity index (χ2n) is 9.01. The van der Waals surface area contributed by atoms with Crippen molar-refractivity contribution < 1.29 is 13.7 Å². The van der Waals surface area contributed by atoms with Crippen molar-refractivity contribution in [2.45, 2.75) is 26.7 Å². The number of aromatic nitrogens is 1. The summed E-state index contributed by atoms with van der Waals surface area (Å²) in [5.74, 6) is 1.51. The molecule has 1 aliphatic heterocycles. The molecule has 2 aromatic heterocycles. The SMILES string of the molecule is Cc1cccc(C)c1C1c2ccccc2Oc2oc3c(-c4cccc[n+]4C)c(C)ccc3c21. The lowest BCUT2D eigenvalue weighted by Gasteiger charge is -2.28. The maximum atomic E-state index is 6.56. The number of hydrogen-bond acceptors (Lipinski definition) is 2. The van der Waals surface area contributed by atoms with Gasteiger partial charge in [0.25, 0.3) is 5.95 Å². The second kappa shape index (κ2) is 7.35. The zero-order valence-corrected chi connectivity index (χ0v) is 19.3. The van der Waals surface area contributed by atoms with E-state index in [4.69, 9.17) is 9.15 Å². The summed E-state index contributed by atoms with van der Waals surface area (Å²) in [6.07, 6.45) is 2.07. The fourth-order valence-corrected chi connectivity index (χ4v) is 5.36. The number of hydrogen-bond donors (Lipinski definition) is 0. The molecule has 3 aromatic carbocycles. The average molecular weight is 433 g/mol. The molecule has 3 heteroatoms. The molecule has 0 radical (unpaired) electrons. The van der Waals surface area contributed by atoms with E-state index in [0.717, 1.165) is 33.5 Å². The van der Waals surface area contributed by atoms with Gasteiger partial charge in [-0.15, -0.1) is 0 Å². The fourth-order valence-electron chi connectivity index (χ4n) is 5.36. The molecule has 0 N–H and O–H groups in total. The number of fused-ring (bicyclic) bond motifs is 4. The summed E-state index contributed by atoms with van der Waals surface area (Å²) in [7, 11) is 2.07. The summed E-state index contributed by atoms with van der Waals surface area (Å²) in [5.41, 5.74) is 10.5. The van der Waals surface area contributed by atoms with Crippen LogP contribution in [0.25, 0.3) is 22.2 Å². The molecule has 0 amide bonds. The molecule has 162 valence electrons. The maximum Gasteiger partial charge on any atom is 0.295 e. The lowest BCUT2D eigenvalue weighted by atomic mass is 9.79. The number of ether oxygens (including phenoxy) is 1. The van der Waals surface area contributed by atoms with Gasteiger partial charge in [0.15, 0.2) is 11.8 Å². The van der Waals surface area contributed by atoms with Crippen molar-refractivity contribution in [2.24, 2.45) is 7.05 Å². The molecule has 3 nitrogen and oxygen atoms in total. The van der Waals surface area contributed by atoms with Gasteiger partial charge in [-0.3, -0.25) is 0 Å². The van der Waals surface area contributed by atoms with Crippen LogP contribution in [0.5, 0.6) is 11.7 Å². The van der Waals surface area contributed by atoms with Gasteiger partial charge in [-0.1, -0.05) is 48.5 Å². The van der Waals surface area contributed by atoms with Crippen LogP contribution in [0.1, 0.15) is 39.3 Å². The Kier molecular flexibility index (Phi) is 4.41. The Balaban J connectivity index is 1.71. The molecule has 0 spiro atoms. The number of benzene rings is 3. The van der Waals surface area contributed by atoms with E-state index in [2.05, 4.69) is 93.2 Å². The van der Waals surface area contributed by atoms with Crippen LogP contribution in [0.2, 0.25) is 0 Å². The molecule has 5 aromatic rings. The number of para-hydroxylation sites is 1. The molecule has 1 unspecified atom stereocenters. The van der Waals surface area contributed by atoms with Gasteiger partial charge in [-0.25, -0.2) is 4.57 Å². The zero-order chi connectivity index (χ0) is 22.7. The fraction of sp³-hybridized carbons (Fsp3) is 0.167. The van der Waals surface area contributed by atoms with Crippen LogP contribution >= 0.6 is 0 Å². The minimum Gasteiger partial charge on any atom is -0.425 e. The van der Waals surface area contributed by atoms with Crippen molar-refractivity contribution in [1.82, 2.24) is 0 Å². The molecule has 6 rings (SSSR count). The average Bonchev–Trinajstić information content (AvgIpc) is 3.17. The normalized spacial score (nSPS) is 14.6. The van der Waals surface area contributed by atoms with Gasteiger partial charge >= 0.3 is 0 Å². The first-order valence-corrected chi connectivity index (χ1v) is 11.4. The molecule has 0 saturated carbocycles. The molecule has 1 aliphatic rings. The number of rotatable bonds is 2.